The molecule has 2 aliphatic heterocycles. The van der Waals surface area contributed by atoms with Crippen molar-refractivity contribution in [3.05, 3.63) is 65.4 Å². The molecule has 1 aromatic heterocycles. The summed E-state index contributed by atoms with van der Waals surface area (Å²) in [7, 11) is 1.56. The van der Waals surface area contributed by atoms with Crippen LogP contribution in [0.15, 0.2) is 48.5 Å². The van der Waals surface area contributed by atoms with Crippen LogP contribution in [0, 0.1) is 0 Å². The highest BCUT2D eigenvalue weighted by atomic mass is 32.2. The lowest BCUT2D eigenvalue weighted by molar-refractivity contribution is -0.131. The summed E-state index contributed by atoms with van der Waals surface area (Å²) in [5.74, 6) is 0.374. The molecule has 0 radical (unpaired) electrons. The minimum Gasteiger partial charge on any atom is -0.496 e. The highest BCUT2D eigenvalue weighted by molar-refractivity contribution is 8.15. The molecule has 3 heterocycles. The summed E-state index contributed by atoms with van der Waals surface area (Å²) in [6.07, 6.45) is 0.611. The lowest BCUT2D eigenvalue weighted by atomic mass is 10.1. The maximum absolute atomic E-state index is 13.4. The van der Waals surface area contributed by atoms with Gasteiger partial charge in [0.05, 0.1) is 30.4 Å². The first-order valence-electron chi connectivity index (χ1n) is 10.4. The Balaban J connectivity index is 1.41. The van der Waals surface area contributed by atoms with Gasteiger partial charge in [0.2, 0.25) is 0 Å². The SMILES string of the molecule is COc1ccc(N2CCSC(=O)C2=O)c2c1CN(CCc1ccc3ccccc3n1)C2=O. The van der Waals surface area contributed by atoms with Gasteiger partial charge in [0.1, 0.15) is 5.75 Å². The molecule has 2 aliphatic rings. The summed E-state index contributed by atoms with van der Waals surface area (Å²) in [5.41, 5.74) is 3.52. The molecule has 0 spiro atoms. The Hall–Kier alpha value is -3.39. The van der Waals surface area contributed by atoms with Gasteiger partial charge in [-0.3, -0.25) is 19.4 Å². The summed E-state index contributed by atoms with van der Waals surface area (Å²) in [5, 5.41) is 0.583. The third-order valence-electron chi connectivity index (χ3n) is 5.87. The molecular weight excluding hydrogens is 426 g/mol. The Kier molecular flexibility index (Phi) is 5.30. The lowest BCUT2D eigenvalue weighted by Crippen LogP contribution is -2.42. The number of rotatable bonds is 5. The van der Waals surface area contributed by atoms with E-state index in [9.17, 15) is 14.4 Å². The van der Waals surface area contributed by atoms with Crippen molar-refractivity contribution in [2.75, 3.05) is 30.9 Å². The average Bonchev–Trinajstić information content (AvgIpc) is 3.15. The fourth-order valence-corrected chi connectivity index (χ4v) is 4.95. The highest BCUT2D eigenvalue weighted by Crippen LogP contribution is 2.38. The number of anilines is 1. The van der Waals surface area contributed by atoms with Gasteiger partial charge in [0, 0.05) is 41.9 Å². The molecule has 162 valence electrons. The second-order valence-electron chi connectivity index (χ2n) is 7.71. The van der Waals surface area contributed by atoms with E-state index < -0.39 is 11.0 Å². The van der Waals surface area contributed by atoms with Gasteiger partial charge in [-0.2, -0.15) is 0 Å². The molecule has 5 rings (SSSR count). The Morgan fingerprint density at radius 2 is 1.88 bits per heavy atom. The molecule has 0 atom stereocenters. The molecule has 0 saturated carbocycles. The Morgan fingerprint density at radius 3 is 2.72 bits per heavy atom. The topological polar surface area (TPSA) is 79.8 Å². The van der Waals surface area contributed by atoms with Crippen molar-refractivity contribution in [2.45, 2.75) is 13.0 Å². The zero-order valence-corrected chi connectivity index (χ0v) is 18.4. The summed E-state index contributed by atoms with van der Waals surface area (Å²) in [6, 6.07) is 15.4. The molecule has 0 bridgehead atoms. The molecule has 8 heteroatoms. The van der Waals surface area contributed by atoms with E-state index in [4.69, 9.17) is 9.72 Å². The second-order valence-corrected chi connectivity index (χ2v) is 8.77. The van der Waals surface area contributed by atoms with E-state index in [0.29, 0.717) is 48.8 Å². The Morgan fingerprint density at radius 1 is 1.03 bits per heavy atom. The molecule has 7 nitrogen and oxygen atoms in total. The fraction of sp³-hybridized carbons (Fsp3) is 0.250. The number of methoxy groups -OCH3 is 1. The summed E-state index contributed by atoms with van der Waals surface area (Å²) < 4.78 is 5.49. The molecule has 1 saturated heterocycles. The first kappa shape index (κ1) is 20.5. The predicted molar refractivity (Wildman–Crippen MR) is 123 cm³/mol. The predicted octanol–water partition coefficient (Wildman–Crippen LogP) is 3.05. The number of carbonyl (C=O) groups is 3. The molecule has 0 N–H and O–H groups in total. The zero-order chi connectivity index (χ0) is 22.2. The van der Waals surface area contributed by atoms with Gasteiger partial charge in [0.25, 0.3) is 11.0 Å². The molecule has 1 fully saturated rings. The number of ether oxygens (including phenoxy) is 1. The number of amides is 2. The van der Waals surface area contributed by atoms with Crippen LogP contribution in [0.2, 0.25) is 0 Å². The van der Waals surface area contributed by atoms with E-state index in [2.05, 4.69) is 0 Å². The number of hydrogen-bond acceptors (Lipinski definition) is 6. The van der Waals surface area contributed by atoms with E-state index in [-0.39, 0.29) is 5.91 Å². The number of aromatic nitrogens is 1. The Labute approximate surface area is 189 Å². The van der Waals surface area contributed by atoms with Crippen LogP contribution in [0.4, 0.5) is 5.69 Å². The van der Waals surface area contributed by atoms with Crippen molar-refractivity contribution in [1.29, 1.82) is 0 Å². The van der Waals surface area contributed by atoms with E-state index in [1.807, 2.05) is 36.4 Å². The first-order chi connectivity index (χ1) is 15.6. The summed E-state index contributed by atoms with van der Waals surface area (Å²) in [4.78, 5) is 45.7. The largest absolute Gasteiger partial charge is 0.496 e. The van der Waals surface area contributed by atoms with Gasteiger partial charge < -0.3 is 14.5 Å². The molecule has 3 aromatic rings. The normalized spacial score (nSPS) is 16.1. The highest BCUT2D eigenvalue weighted by Gasteiger charge is 2.37. The maximum Gasteiger partial charge on any atom is 0.305 e. The minimum absolute atomic E-state index is 0.159. The molecular formula is C24H21N3O4S. The van der Waals surface area contributed by atoms with Crippen LogP contribution < -0.4 is 9.64 Å². The number of fused-ring (bicyclic) bond motifs is 2. The molecule has 0 unspecified atom stereocenters. The number of carbonyl (C=O) groups excluding carboxylic acids is 3. The molecule has 2 amide bonds. The van der Waals surface area contributed by atoms with Crippen molar-refractivity contribution >= 4 is 45.3 Å². The number of pyridine rings is 1. The van der Waals surface area contributed by atoms with Crippen LogP contribution in [0.25, 0.3) is 10.9 Å². The van der Waals surface area contributed by atoms with Gasteiger partial charge in [-0.1, -0.05) is 36.0 Å². The standard InChI is InChI=1S/C24H21N3O4S/c1-31-20-9-8-19(27-12-13-32-24(30)23(27)29)21-17(20)14-26(22(21)28)11-10-16-7-6-15-4-2-3-5-18(15)25-16/h2-9H,10-14H2,1H3. The van der Waals surface area contributed by atoms with Gasteiger partial charge in [0.15, 0.2) is 0 Å². The summed E-state index contributed by atoms with van der Waals surface area (Å²) >= 11 is 1.02. The van der Waals surface area contributed by atoms with Crippen LogP contribution >= 0.6 is 11.8 Å². The smallest absolute Gasteiger partial charge is 0.305 e. The molecule has 2 aromatic carbocycles. The van der Waals surface area contributed by atoms with E-state index in [1.54, 1.807) is 24.1 Å². The van der Waals surface area contributed by atoms with Crippen molar-refractivity contribution < 1.29 is 19.1 Å². The number of thioether (sulfide) groups is 1. The number of benzene rings is 2. The monoisotopic (exact) mass is 447 g/mol. The lowest BCUT2D eigenvalue weighted by Gasteiger charge is -2.27. The van der Waals surface area contributed by atoms with E-state index in [0.717, 1.165) is 33.9 Å². The van der Waals surface area contributed by atoms with Gasteiger partial charge in [-0.15, -0.1) is 0 Å². The van der Waals surface area contributed by atoms with Crippen LogP contribution in [-0.4, -0.2) is 52.8 Å². The van der Waals surface area contributed by atoms with Crippen LogP contribution in [0.5, 0.6) is 5.75 Å². The minimum atomic E-state index is -0.583. The van der Waals surface area contributed by atoms with Crippen LogP contribution in [-0.2, 0) is 22.6 Å². The molecule has 0 aliphatic carbocycles. The summed E-state index contributed by atoms with van der Waals surface area (Å²) in [6.45, 7) is 1.27. The molecule has 32 heavy (non-hydrogen) atoms. The maximum atomic E-state index is 13.4. The van der Waals surface area contributed by atoms with Gasteiger partial charge in [-0.05, 0) is 24.3 Å². The van der Waals surface area contributed by atoms with Gasteiger partial charge in [-0.25, -0.2) is 0 Å². The van der Waals surface area contributed by atoms with Crippen molar-refractivity contribution in [1.82, 2.24) is 9.88 Å². The Bertz CT molecular complexity index is 1260. The first-order valence-corrected chi connectivity index (χ1v) is 11.4. The average molecular weight is 448 g/mol. The van der Waals surface area contributed by atoms with E-state index in [1.165, 1.54) is 4.90 Å². The zero-order valence-electron chi connectivity index (χ0n) is 17.5. The van der Waals surface area contributed by atoms with Crippen molar-refractivity contribution in [2.24, 2.45) is 0 Å². The second kappa shape index (κ2) is 8.27. The van der Waals surface area contributed by atoms with E-state index >= 15 is 0 Å². The fourth-order valence-electron chi connectivity index (χ4n) is 4.26. The third kappa shape index (κ3) is 3.50. The van der Waals surface area contributed by atoms with Crippen LogP contribution in [0.3, 0.4) is 0 Å². The van der Waals surface area contributed by atoms with Crippen molar-refractivity contribution in [3.8, 4) is 5.75 Å². The quantitative estimate of drug-likeness (QED) is 0.560. The van der Waals surface area contributed by atoms with Gasteiger partial charge >= 0.3 is 5.91 Å². The number of hydrogen-bond donors (Lipinski definition) is 0. The van der Waals surface area contributed by atoms with Crippen LogP contribution in [0.1, 0.15) is 21.6 Å². The third-order valence-corrected chi connectivity index (χ3v) is 6.69. The van der Waals surface area contributed by atoms with Crippen molar-refractivity contribution in [3.63, 3.8) is 0 Å². The number of para-hydroxylation sites is 1. The number of nitrogens with zero attached hydrogens (tertiary/aromatic N) is 3.